The maximum absolute atomic E-state index is 14.1. The summed E-state index contributed by atoms with van der Waals surface area (Å²) in [6.07, 6.45) is 0.0813. The van der Waals surface area contributed by atoms with Crippen molar-refractivity contribution in [3.8, 4) is 0 Å². The van der Waals surface area contributed by atoms with E-state index in [1.54, 1.807) is 20.8 Å². The number of aliphatic hydroxyl groups is 1. The Bertz CT molecular complexity index is 1390. The molecule has 3 fully saturated rings. The molecule has 0 radical (unpaired) electrons. The number of benzene rings is 1. The molecule has 2 heterocycles. The lowest BCUT2D eigenvalue weighted by atomic mass is 10.1. The van der Waals surface area contributed by atoms with Crippen LogP contribution in [-0.2, 0) is 18.9 Å². The van der Waals surface area contributed by atoms with Crippen LogP contribution in [0.2, 0.25) is 0 Å². The molecule has 1 amide bonds. The van der Waals surface area contributed by atoms with Gasteiger partial charge in [-0.15, -0.1) is 0 Å². The first-order valence-electron chi connectivity index (χ1n) is 15.3. The summed E-state index contributed by atoms with van der Waals surface area (Å²) in [6, 6.07) is 2.98. The number of halogens is 2. The van der Waals surface area contributed by atoms with E-state index in [-0.39, 0.29) is 48.9 Å². The van der Waals surface area contributed by atoms with Gasteiger partial charge in [0.1, 0.15) is 23.5 Å². The van der Waals surface area contributed by atoms with Crippen molar-refractivity contribution in [1.82, 2.24) is 9.97 Å². The van der Waals surface area contributed by atoms with Gasteiger partial charge in [0, 0.05) is 17.7 Å². The van der Waals surface area contributed by atoms with Crippen molar-refractivity contribution in [2.24, 2.45) is 0 Å². The van der Waals surface area contributed by atoms with E-state index in [1.165, 1.54) is 22.7 Å². The number of nitrogens with one attached hydrogen (secondary N) is 1. The molecule has 0 spiro atoms. The third-order valence-electron chi connectivity index (χ3n) is 7.78. The molecule has 2 aromatic rings. The second kappa shape index (κ2) is 13.1. The average Bonchev–Trinajstić information content (AvgIpc) is 3.58. The average molecular weight is 652 g/mol. The maximum atomic E-state index is 14.1. The summed E-state index contributed by atoms with van der Waals surface area (Å²) in [7, 11) is 0. The van der Waals surface area contributed by atoms with Gasteiger partial charge in [0.2, 0.25) is 0 Å². The lowest BCUT2D eigenvalue weighted by Crippen LogP contribution is -2.40. The van der Waals surface area contributed by atoms with E-state index >= 15 is 0 Å². The summed E-state index contributed by atoms with van der Waals surface area (Å²) in [5.74, 6) is -1.80. The number of anilines is 3. The van der Waals surface area contributed by atoms with Crippen LogP contribution >= 0.6 is 11.8 Å². The summed E-state index contributed by atoms with van der Waals surface area (Å²) in [5, 5.41) is 13.2. The largest absolute Gasteiger partial charge is 0.443 e. The number of nitrogens with zero attached hydrogens (tertiary/aromatic N) is 3. The van der Waals surface area contributed by atoms with Crippen molar-refractivity contribution in [3.63, 3.8) is 0 Å². The highest BCUT2D eigenvalue weighted by atomic mass is 32.2. The molecule has 1 saturated heterocycles. The summed E-state index contributed by atoms with van der Waals surface area (Å²) < 4.78 is 51.9. The molecule has 6 atom stereocenters. The third kappa shape index (κ3) is 7.62. The van der Waals surface area contributed by atoms with E-state index in [2.05, 4.69) is 5.32 Å². The number of thioether (sulfide) groups is 1. The fourth-order valence-electron chi connectivity index (χ4n) is 5.87. The fourth-order valence-corrected chi connectivity index (χ4v) is 6.56. The van der Waals surface area contributed by atoms with E-state index < -0.39 is 41.3 Å². The highest BCUT2D eigenvalue weighted by Crippen LogP contribution is 2.49. The lowest BCUT2D eigenvalue weighted by Gasteiger charge is -2.29. The first kappa shape index (κ1) is 33.6. The Labute approximate surface area is 266 Å². The zero-order valence-corrected chi connectivity index (χ0v) is 27.3. The minimum Gasteiger partial charge on any atom is -0.443 e. The van der Waals surface area contributed by atoms with Crippen molar-refractivity contribution >= 4 is 35.2 Å². The smallest absolute Gasteiger partial charge is 0.416 e. The van der Waals surface area contributed by atoms with E-state index in [0.29, 0.717) is 29.4 Å². The van der Waals surface area contributed by atoms with Crippen molar-refractivity contribution in [3.05, 3.63) is 35.4 Å². The van der Waals surface area contributed by atoms with Gasteiger partial charge in [0.25, 0.3) is 0 Å². The minimum absolute atomic E-state index is 0.121. The first-order valence-corrected chi connectivity index (χ1v) is 16.3. The van der Waals surface area contributed by atoms with Gasteiger partial charge >= 0.3 is 6.09 Å². The maximum Gasteiger partial charge on any atom is 0.416 e. The molecule has 45 heavy (non-hydrogen) atoms. The Morgan fingerprint density at radius 3 is 2.60 bits per heavy atom. The van der Waals surface area contributed by atoms with Gasteiger partial charge in [-0.2, -0.15) is 0 Å². The molecule has 2 aliphatic carbocycles. The second-order valence-electron chi connectivity index (χ2n) is 13.1. The van der Waals surface area contributed by atoms with Gasteiger partial charge in [0.15, 0.2) is 34.2 Å². The number of fused-ring (bicyclic) bond motifs is 1. The molecule has 3 aliphatic rings. The number of hydrogen-bond donors (Lipinski definition) is 3. The molecule has 0 bridgehead atoms. The number of carbonyl (C=O) groups excluding carboxylic acids is 1. The standard InChI is InChI=1S/C31H43F2N5O6S/c1-7-12-45-28-36-26(35-20-15-22(41-11-10-39)25-24(20)42-31(5,6)43-25)23(34)27(37-28)38(29(40)44-30(2,3)4)21-14-17(21)16-8-9-18(32)19(33)13-16/h8-9,13,17,20-22,24-25,39H,7,10-12,14-15,34H2,1-6H3,(H,35,36,37)/t17-,20?,21+,22-,24-,25+/m0/s1. The molecule has 248 valence electrons. The molecule has 2 saturated carbocycles. The molecular formula is C31H43F2N5O6S. The summed E-state index contributed by atoms with van der Waals surface area (Å²) in [4.78, 5) is 24.7. The zero-order valence-electron chi connectivity index (χ0n) is 26.5. The van der Waals surface area contributed by atoms with Crippen LogP contribution in [0.3, 0.4) is 0 Å². The number of nitrogen functional groups attached to an aromatic ring is 1. The summed E-state index contributed by atoms with van der Waals surface area (Å²) in [6.45, 7) is 11.0. The highest BCUT2D eigenvalue weighted by Gasteiger charge is 2.55. The quantitative estimate of drug-likeness (QED) is 0.218. The molecule has 1 aromatic carbocycles. The molecule has 1 aliphatic heterocycles. The first-order chi connectivity index (χ1) is 21.2. The van der Waals surface area contributed by atoms with Crippen LogP contribution in [0.4, 0.5) is 30.9 Å². The van der Waals surface area contributed by atoms with Crippen molar-refractivity contribution in [2.75, 3.05) is 34.9 Å². The van der Waals surface area contributed by atoms with Crippen LogP contribution in [0.1, 0.15) is 72.3 Å². The Balaban J connectivity index is 1.51. The number of hydrogen-bond acceptors (Lipinski definition) is 11. The second-order valence-corrected chi connectivity index (χ2v) is 14.1. The molecule has 5 rings (SSSR count). The number of rotatable bonds is 11. The molecule has 4 N–H and O–H groups in total. The molecular weight excluding hydrogens is 608 g/mol. The van der Waals surface area contributed by atoms with Gasteiger partial charge in [-0.3, -0.25) is 4.90 Å². The van der Waals surface area contributed by atoms with E-state index in [0.717, 1.165) is 24.3 Å². The van der Waals surface area contributed by atoms with Gasteiger partial charge in [-0.25, -0.2) is 23.5 Å². The van der Waals surface area contributed by atoms with Gasteiger partial charge in [-0.05, 0) is 71.6 Å². The van der Waals surface area contributed by atoms with Crippen molar-refractivity contribution in [1.29, 1.82) is 0 Å². The SMILES string of the molecule is CCCSc1nc(NC2C[C@H](OCCO)[C@H]3OC(C)(C)O[C@@H]23)c(N)c(N(C(=O)OC(C)(C)C)[C@@H]2C[C@H]2c2ccc(F)c(F)c2)n1. The van der Waals surface area contributed by atoms with Crippen molar-refractivity contribution < 1.29 is 37.6 Å². The number of nitrogens with two attached hydrogens (primary N) is 1. The normalized spacial score (nSPS) is 26.9. The van der Waals surface area contributed by atoms with Crippen LogP contribution in [0.25, 0.3) is 0 Å². The van der Waals surface area contributed by atoms with E-state index in [9.17, 15) is 18.7 Å². The Morgan fingerprint density at radius 2 is 1.93 bits per heavy atom. The highest BCUT2D eigenvalue weighted by molar-refractivity contribution is 7.99. The van der Waals surface area contributed by atoms with Crippen LogP contribution in [0.15, 0.2) is 23.4 Å². The van der Waals surface area contributed by atoms with Gasteiger partial charge in [-0.1, -0.05) is 24.8 Å². The minimum atomic E-state index is -0.953. The third-order valence-corrected chi connectivity index (χ3v) is 8.83. The number of aliphatic hydroxyl groups excluding tert-OH is 1. The van der Waals surface area contributed by atoms with Crippen LogP contribution in [-0.4, -0.2) is 81.9 Å². The number of carbonyl (C=O) groups is 1. The fraction of sp³-hybridized carbons (Fsp3) is 0.645. The summed E-state index contributed by atoms with van der Waals surface area (Å²) in [5.41, 5.74) is 6.64. The number of amides is 1. The molecule has 14 heteroatoms. The Hall–Kier alpha value is -2.78. The number of ether oxygens (including phenoxy) is 4. The monoisotopic (exact) mass is 651 g/mol. The van der Waals surface area contributed by atoms with Crippen LogP contribution in [0, 0.1) is 11.6 Å². The van der Waals surface area contributed by atoms with Gasteiger partial charge < -0.3 is 35.1 Å². The van der Waals surface area contributed by atoms with Crippen molar-refractivity contribution in [2.45, 2.75) is 114 Å². The zero-order chi connectivity index (χ0) is 32.7. The molecule has 11 nitrogen and oxygen atoms in total. The topological polar surface area (TPSA) is 141 Å². The molecule has 1 unspecified atom stereocenters. The van der Waals surface area contributed by atoms with Gasteiger partial charge in [0.05, 0.1) is 25.4 Å². The summed E-state index contributed by atoms with van der Waals surface area (Å²) >= 11 is 1.43. The Morgan fingerprint density at radius 1 is 1.20 bits per heavy atom. The Kier molecular flexibility index (Phi) is 9.81. The number of aromatic nitrogens is 2. The lowest BCUT2D eigenvalue weighted by molar-refractivity contribution is -0.167. The van der Waals surface area contributed by atoms with E-state index in [1.807, 2.05) is 20.8 Å². The van der Waals surface area contributed by atoms with Crippen LogP contribution in [0.5, 0.6) is 0 Å². The predicted octanol–water partition coefficient (Wildman–Crippen LogP) is 5.22. The van der Waals surface area contributed by atoms with E-state index in [4.69, 9.17) is 34.6 Å². The molecule has 1 aromatic heterocycles. The predicted molar refractivity (Wildman–Crippen MR) is 166 cm³/mol. The van der Waals surface area contributed by atoms with Crippen LogP contribution < -0.4 is 16.0 Å².